The third-order valence-electron chi connectivity index (χ3n) is 2.68. The zero-order chi connectivity index (χ0) is 11.5. The second-order valence-corrected chi connectivity index (χ2v) is 4.21. The molecule has 0 aliphatic rings. The Morgan fingerprint density at radius 3 is 2.94 bits per heavy atom. The van der Waals surface area contributed by atoms with Gasteiger partial charge in [-0.15, -0.1) is 0 Å². The molecule has 2 aromatic heterocycles. The third-order valence-corrected chi connectivity index (χ3v) is 2.68. The topological polar surface area (TPSA) is 42.7 Å². The molecule has 0 radical (unpaired) electrons. The molecule has 0 saturated carbocycles. The number of hydrogen-bond donors (Lipinski definition) is 1. The van der Waals surface area contributed by atoms with E-state index in [9.17, 15) is 0 Å². The number of nitrogens with zero attached hydrogens (tertiary/aromatic N) is 3. The van der Waals surface area contributed by atoms with E-state index in [0.717, 1.165) is 24.3 Å². The van der Waals surface area contributed by atoms with Crippen LogP contribution in [0.5, 0.6) is 0 Å². The predicted octanol–water partition coefficient (Wildman–Crippen LogP) is 1.77. The molecule has 2 heterocycles. The molecule has 0 aromatic carbocycles. The SMILES string of the molecule is CNCCc1nc2cnccc2n1C(C)C. The minimum Gasteiger partial charge on any atom is -0.325 e. The highest BCUT2D eigenvalue weighted by atomic mass is 15.1. The van der Waals surface area contributed by atoms with Crippen LogP contribution < -0.4 is 5.32 Å². The van der Waals surface area contributed by atoms with Crippen LogP contribution in [0.2, 0.25) is 0 Å². The van der Waals surface area contributed by atoms with E-state index in [1.165, 1.54) is 5.52 Å². The molecule has 0 bridgehead atoms. The van der Waals surface area contributed by atoms with Crippen LogP contribution >= 0.6 is 0 Å². The first-order chi connectivity index (χ1) is 7.74. The highest BCUT2D eigenvalue weighted by molar-refractivity contribution is 5.74. The zero-order valence-corrected chi connectivity index (χ0v) is 10.1. The molecule has 2 rings (SSSR count). The first-order valence-corrected chi connectivity index (χ1v) is 5.69. The Hall–Kier alpha value is -1.42. The number of nitrogens with one attached hydrogen (secondary N) is 1. The molecular weight excluding hydrogens is 200 g/mol. The van der Waals surface area contributed by atoms with Crippen LogP contribution in [0.4, 0.5) is 0 Å². The second kappa shape index (κ2) is 4.61. The number of likely N-dealkylation sites (N-methyl/N-ethyl adjacent to an activating group) is 1. The summed E-state index contributed by atoms with van der Waals surface area (Å²) in [5.74, 6) is 1.13. The lowest BCUT2D eigenvalue weighted by atomic mass is 10.3. The van der Waals surface area contributed by atoms with Gasteiger partial charge in [0.25, 0.3) is 0 Å². The number of fused-ring (bicyclic) bond motifs is 1. The Kier molecular flexibility index (Phi) is 3.19. The summed E-state index contributed by atoms with van der Waals surface area (Å²) >= 11 is 0. The first-order valence-electron chi connectivity index (χ1n) is 5.69. The predicted molar refractivity (Wildman–Crippen MR) is 65.5 cm³/mol. The summed E-state index contributed by atoms with van der Waals surface area (Å²) in [4.78, 5) is 8.75. The number of hydrogen-bond acceptors (Lipinski definition) is 3. The van der Waals surface area contributed by atoms with E-state index in [1.54, 1.807) is 0 Å². The highest BCUT2D eigenvalue weighted by Gasteiger charge is 2.12. The van der Waals surface area contributed by atoms with E-state index in [0.29, 0.717) is 6.04 Å². The maximum absolute atomic E-state index is 4.63. The molecule has 4 heteroatoms. The van der Waals surface area contributed by atoms with Crippen molar-refractivity contribution in [1.82, 2.24) is 19.9 Å². The summed E-state index contributed by atoms with van der Waals surface area (Å²) in [6.07, 6.45) is 4.60. The van der Waals surface area contributed by atoms with Crippen molar-refractivity contribution in [1.29, 1.82) is 0 Å². The molecular formula is C12H18N4. The van der Waals surface area contributed by atoms with Crippen molar-refractivity contribution < 1.29 is 0 Å². The van der Waals surface area contributed by atoms with Gasteiger partial charge in [-0.1, -0.05) is 0 Å². The fraction of sp³-hybridized carbons (Fsp3) is 0.500. The molecule has 0 aliphatic heterocycles. The Labute approximate surface area is 95.7 Å². The number of pyridine rings is 1. The van der Waals surface area contributed by atoms with Crippen LogP contribution in [0.3, 0.4) is 0 Å². The van der Waals surface area contributed by atoms with Gasteiger partial charge >= 0.3 is 0 Å². The average Bonchev–Trinajstić information content (AvgIpc) is 2.64. The van der Waals surface area contributed by atoms with Gasteiger partial charge in [-0.05, 0) is 27.0 Å². The highest BCUT2D eigenvalue weighted by Crippen LogP contribution is 2.20. The third kappa shape index (κ3) is 1.93. The van der Waals surface area contributed by atoms with Crippen LogP contribution in [0.1, 0.15) is 25.7 Å². The monoisotopic (exact) mass is 218 g/mol. The maximum atomic E-state index is 4.63. The lowest BCUT2D eigenvalue weighted by Gasteiger charge is -2.12. The van der Waals surface area contributed by atoms with Gasteiger partial charge in [0.2, 0.25) is 0 Å². The molecule has 2 aromatic rings. The molecule has 0 saturated heterocycles. The summed E-state index contributed by atoms with van der Waals surface area (Å²) in [7, 11) is 1.96. The van der Waals surface area contributed by atoms with Crippen molar-refractivity contribution >= 4 is 11.0 Å². The molecule has 16 heavy (non-hydrogen) atoms. The average molecular weight is 218 g/mol. The molecule has 0 aliphatic carbocycles. The lowest BCUT2D eigenvalue weighted by molar-refractivity contribution is 0.577. The Bertz CT molecular complexity index is 473. The number of imidazole rings is 1. The van der Waals surface area contributed by atoms with Gasteiger partial charge in [-0.3, -0.25) is 4.98 Å². The van der Waals surface area contributed by atoms with Crippen molar-refractivity contribution in [3.63, 3.8) is 0 Å². The van der Waals surface area contributed by atoms with Gasteiger partial charge in [0.15, 0.2) is 0 Å². The quantitative estimate of drug-likeness (QED) is 0.850. The van der Waals surface area contributed by atoms with Gasteiger partial charge in [-0.25, -0.2) is 4.98 Å². The Morgan fingerprint density at radius 1 is 1.44 bits per heavy atom. The largest absolute Gasteiger partial charge is 0.325 e. The van der Waals surface area contributed by atoms with Gasteiger partial charge < -0.3 is 9.88 Å². The minimum absolute atomic E-state index is 0.430. The van der Waals surface area contributed by atoms with E-state index in [2.05, 4.69) is 33.7 Å². The molecule has 1 N–H and O–H groups in total. The van der Waals surface area contributed by atoms with E-state index in [-0.39, 0.29) is 0 Å². The van der Waals surface area contributed by atoms with Gasteiger partial charge in [0, 0.05) is 25.2 Å². The lowest BCUT2D eigenvalue weighted by Crippen LogP contribution is -2.15. The first kappa shape index (κ1) is 11.1. The van der Waals surface area contributed by atoms with Crippen LogP contribution in [0, 0.1) is 0 Å². The van der Waals surface area contributed by atoms with Crippen molar-refractivity contribution in [2.24, 2.45) is 0 Å². The molecule has 0 unspecified atom stereocenters. The van der Waals surface area contributed by atoms with E-state index in [4.69, 9.17) is 0 Å². The van der Waals surface area contributed by atoms with Crippen molar-refractivity contribution in [2.45, 2.75) is 26.3 Å². The number of rotatable bonds is 4. The van der Waals surface area contributed by atoms with E-state index < -0.39 is 0 Å². The van der Waals surface area contributed by atoms with E-state index >= 15 is 0 Å². The fourth-order valence-electron chi connectivity index (χ4n) is 1.99. The zero-order valence-electron chi connectivity index (χ0n) is 10.1. The van der Waals surface area contributed by atoms with Crippen molar-refractivity contribution in [3.8, 4) is 0 Å². The summed E-state index contributed by atoms with van der Waals surface area (Å²) < 4.78 is 2.29. The van der Waals surface area contributed by atoms with Gasteiger partial charge in [0.05, 0.1) is 11.7 Å². The van der Waals surface area contributed by atoms with Crippen LogP contribution in [0.15, 0.2) is 18.5 Å². The minimum atomic E-state index is 0.430. The fourth-order valence-corrected chi connectivity index (χ4v) is 1.99. The smallest absolute Gasteiger partial charge is 0.111 e. The maximum Gasteiger partial charge on any atom is 0.111 e. The molecule has 0 amide bonds. The Balaban J connectivity index is 2.50. The summed E-state index contributed by atoms with van der Waals surface area (Å²) in [5, 5.41) is 3.16. The van der Waals surface area contributed by atoms with Crippen molar-refractivity contribution in [3.05, 3.63) is 24.3 Å². The van der Waals surface area contributed by atoms with Gasteiger partial charge in [-0.2, -0.15) is 0 Å². The van der Waals surface area contributed by atoms with Crippen molar-refractivity contribution in [2.75, 3.05) is 13.6 Å². The number of aromatic nitrogens is 3. The van der Waals surface area contributed by atoms with Crippen LogP contribution in [-0.2, 0) is 6.42 Å². The van der Waals surface area contributed by atoms with Gasteiger partial charge in [0.1, 0.15) is 11.3 Å². The Morgan fingerprint density at radius 2 is 2.25 bits per heavy atom. The summed E-state index contributed by atoms with van der Waals surface area (Å²) in [6, 6.07) is 2.46. The second-order valence-electron chi connectivity index (χ2n) is 4.21. The van der Waals surface area contributed by atoms with Crippen LogP contribution in [0.25, 0.3) is 11.0 Å². The molecule has 0 spiro atoms. The molecule has 0 fully saturated rings. The van der Waals surface area contributed by atoms with Crippen LogP contribution in [-0.4, -0.2) is 28.1 Å². The standard InChI is InChI=1S/C12H18N4/c1-9(2)16-11-4-7-14-8-10(11)15-12(16)5-6-13-3/h4,7-9,13H,5-6H2,1-3H3. The summed E-state index contributed by atoms with van der Waals surface area (Å²) in [6.45, 7) is 5.32. The van der Waals surface area contributed by atoms with E-state index in [1.807, 2.05) is 25.5 Å². The molecule has 4 nitrogen and oxygen atoms in total. The normalized spacial score (nSPS) is 11.5. The summed E-state index contributed by atoms with van der Waals surface area (Å²) in [5.41, 5.74) is 2.17. The molecule has 86 valence electrons. The molecule has 0 atom stereocenters.